The summed E-state index contributed by atoms with van der Waals surface area (Å²) < 4.78 is 4.61. The average molecular weight is 243 g/mol. The number of rotatable bonds is 3. The molecule has 5 heteroatoms. The van der Waals surface area contributed by atoms with Crippen molar-refractivity contribution in [2.24, 2.45) is 0 Å². The van der Waals surface area contributed by atoms with Crippen LogP contribution in [-0.4, -0.2) is 28.0 Å². The van der Waals surface area contributed by atoms with Gasteiger partial charge < -0.3 is 4.74 Å². The lowest BCUT2D eigenvalue weighted by Gasteiger charge is -2.05. The van der Waals surface area contributed by atoms with Crippen molar-refractivity contribution in [2.75, 3.05) is 7.11 Å². The first-order valence-electron chi connectivity index (χ1n) is 5.51. The van der Waals surface area contributed by atoms with Crippen molar-refractivity contribution >= 4 is 5.97 Å². The summed E-state index contributed by atoms with van der Waals surface area (Å²) in [5.74, 6) is 0.120. The Balaban J connectivity index is 2.35. The standard InChI is InChI=1S/C13H13N3O2/c1-9-7-11(10-3-5-14-6-4-10)16-12(15-9)8-13(17)18-2/h3-7H,8H2,1-2H3. The third-order valence-corrected chi connectivity index (χ3v) is 2.41. The highest BCUT2D eigenvalue weighted by Gasteiger charge is 2.09. The number of hydrogen-bond donors (Lipinski definition) is 0. The van der Waals surface area contributed by atoms with Gasteiger partial charge in [0.1, 0.15) is 12.2 Å². The van der Waals surface area contributed by atoms with E-state index in [9.17, 15) is 4.79 Å². The fourth-order valence-corrected chi connectivity index (χ4v) is 1.58. The van der Waals surface area contributed by atoms with Crippen LogP contribution in [0.5, 0.6) is 0 Å². The summed E-state index contributed by atoms with van der Waals surface area (Å²) >= 11 is 0. The predicted octanol–water partition coefficient (Wildman–Crippen LogP) is 1.56. The van der Waals surface area contributed by atoms with Gasteiger partial charge in [-0.05, 0) is 25.1 Å². The van der Waals surface area contributed by atoms with Gasteiger partial charge in [-0.15, -0.1) is 0 Å². The largest absolute Gasteiger partial charge is 0.469 e. The van der Waals surface area contributed by atoms with Crippen LogP contribution in [0, 0.1) is 6.92 Å². The summed E-state index contributed by atoms with van der Waals surface area (Å²) in [4.78, 5) is 23.8. The number of hydrogen-bond acceptors (Lipinski definition) is 5. The molecule has 0 aliphatic heterocycles. The van der Waals surface area contributed by atoms with Crippen LogP contribution in [0.25, 0.3) is 11.3 Å². The quantitative estimate of drug-likeness (QED) is 0.765. The Morgan fingerprint density at radius 2 is 2.00 bits per heavy atom. The van der Waals surface area contributed by atoms with Crippen molar-refractivity contribution in [3.05, 3.63) is 42.1 Å². The Bertz CT molecular complexity index is 555. The lowest BCUT2D eigenvalue weighted by atomic mass is 10.1. The highest BCUT2D eigenvalue weighted by atomic mass is 16.5. The monoisotopic (exact) mass is 243 g/mol. The summed E-state index contributed by atoms with van der Waals surface area (Å²) in [6.07, 6.45) is 3.48. The highest BCUT2D eigenvalue weighted by molar-refractivity contribution is 5.71. The molecular weight excluding hydrogens is 230 g/mol. The van der Waals surface area contributed by atoms with Gasteiger partial charge in [-0.25, -0.2) is 9.97 Å². The Hall–Kier alpha value is -2.30. The molecule has 0 amide bonds. The number of aromatic nitrogens is 3. The van der Waals surface area contributed by atoms with Crippen molar-refractivity contribution in [2.45, 2.75) is 13.3 Å². The second-order valence-electron chi connectivity index (χ2n) is 3.80. The van der Waals surface area contributed by atoms with Gasteiger partial charge in [0, 0.05) is 23.7 Å². The molecule has 2 aromatic heterocycles. The minimum absolute atomic E-state index is 0.0796. The Morgan fingerprint density at radius 3 is 2.67 bits per heavy atom. The number of pyridine rings is 1. The molecule has 0 unspecified atom stereocenters. The molecule has 0 bridgehead atoms. The maximum Gasteiger partial charge on any atom is 0.313 e. The number of ether oxygens (including phenoxy) is 1. The lowest BCUT2D eigenvalue weighted by molar-refractivity contribution is -0.139. The lowest BCUT2D eigenvalue weighted by Crippen LogP contribution is -2.09. The highest BCUT2D eigenvalue weighted by Crippen LogP contribution is 2.16. The molecule has 18 heavy (non-hydrogen) atoms. The van der Waals surface area contributed by atoms with Crippen molar-refractivity contribution in [3.8, 4) is 11.3 Å². The minimum Gasteiger partial charge on any atom is -0.469 e. The average Bonchev–Trinajstić information content (AvgIpc) is 2.39. The van der Waals surface area contributed by atoms with E-state index >= 15 is 0 Å². The van der Waals surface area contributed by atoms with Crippen LogP contribution < -0.4 is 0 Å². The van der Waals surface area contributed by atoms with Crippen LogP contribution in [-0.2, 0) is 16.0 Å². The number of aryl methyl sites for hydroxylation is 1. The van der Waals surface area contributed by atoms with E-state index in [1.54, 1.807) is 12.4 Å². The number of nitrogens with zero attached hydrogens (tertiary/aromatic N) is 3. The summed E-state index contributed by atoms with van der Waals surface area (Å²) in [7, 11) is 1.35. The van der Waals surface area contributed by atoms with Crippen molar-refractivity contribution in [1.29, 1.82) is 0 Å². The fourth-order valence-electron chi connectivity index (χ4n) is 1.58. The molecule has 0 aliphatic carbocycles. The van der Waals surface area contributed by atoms with E-state index in [0.717, 1.165) is 17.0 Å². The summed E-state index contributed by atoms with van der Waals surface area (Å²) in [5, 5.41) is 0. The van der Waals surface area contributed by atoms with Gasteiger partial charge in [-0.1, -0.05) is 0 Å². The molecular formula is C13H13N3O2. The topological polar surface area (TPSA) is 65.0 Å². The van der Waals surface area contributed by atoms with Gasteiger partial charge >= 0.3 is 5.97 Å². The Kier molecular flexibility index (Phi) is 3.62. The van der Waals surface area contributed by atoms with Gasteiger partial charge in [-0.3, -0.25) is 9.78 Å². The molecule has 5 nitrogen and oxygen atoms in total. The number of carbonyl (C=O) groups excluding carboxylic acids is 1. The van der Waals surface area contributed by atoms with E-state index in [4.69, 9.17) is 0 Å². The van der Waals surface area contributed by atoms with Crippen LogP contribution in [0.2, 0.25) is 0 Å². The zero-order valence-electron chi connectivity index (χ0n) is 10.3. The second kappa shape index (κ2) is 5.35. The van der Waals surface area contributed by atoms with Crippen LogP contribution in [0.15, 0.2) is 30.6 Å². The van der Waals surface area contributed by atoms with Gasteiger partial charge in [0.25, 0.3) is 0 Å². The van der Waals surface area contributed by atoms with Gasteiger partial charge in [0.15, 0.2) is 0 Å². The zero-order valence-corrected chi connectivity index (χ0v) is 10.3. The van der Waals surface area contributed by atoms with Gasteiger partial charge in [0.05, 0.1) is 12.8 Å². The first kappa shape index (κ1) is 12.2. The fraction of sp³-hybridized carbons (Fsp3) is 0.231. The van der Waals surface area contributed by atoms with Crippen LogP contribution in [0.4, 0.5) is 0 Å². The molecule has 0 saturated heterocycles. The zero-order chi connectivity index (χ0) is 13.0. The van der Waals surface area contributed by atoms with E-state index in [2.05, 4.69) is 19.7 Å². The summed E-state index contributed by atoms with van der Waals surface area (Å²) in [6.45, 7) is 1.87. The molecule has 2 rings (SSSR count). The molecule has 0 fully saturated rings. The van der Waals surface area contributed by atoms with Crippen molar-refractivity contribution < 1.29 is 9.53 Å². The Labute approximate surface area is 105 Å². The third-order valence-electron chi connectivity index (χ3n) is 2.41. The number of methoxy groups -OCH3 is 1. The molecule has 0 aliphatic rings. The van der Waals surface area contributed by atoms with E-state index in [1.807, 2.05) is 25.1 Å². The van der Waals surface area contributed by atoms with E-state index < -0.39 is 0 Å². The summed E-state index contributed by atoms with van der Waals surface area (Å²) in [5.41, 5.74) is 2.54. The predicted molar refractivity (Wildman–Crippen MR) is 65.7 cm³/mol. The molecule has 0 spiro atoms. The van der Waals surface area contributed by atoms with Crippen LogP contribution >= 0.6 is 0 Å². The summed E-state index contributed by atoms with van der Waals surface area (Å²) in [6, 6.07) is 5.60. The molecule has 0 saturated carbocycles. The molecule has 2 aromatic rings. The van der Waals surface area contributed by atoms with E-state index in [1.165, 1.54) is 7.11 Å². The first-order valence-corrected chi connectivity index (χ1v) is 5.51. The SMILES string of the molecule is COC(=O)Cc1nc(C)cc(-c2ccncc2)n1. The Morgan fingerprint density at radius 1 is 1.28 bits per heavy atom. The second-order valence-corrected chi connectivity index (χ2v) is 3.80. The molecule has 0 radical (unpaired) electrons. The van der Waals surface area contributed by atoms with Crippen LogP contribution in [0.1, 0.15) is 11.5 Å². The van der Waals surface area contributed by atoms with Gasteiger partial charge in [-0.2, -0.15) is 0 Å². The molecule has 0 N–H and O–H groups in total. The first-order chi connectivity index (χ1) is 8.69. The van der Waals surface area contributed by atoms with Crippen molar-refractivity contribution in [3.63, 3.8) is 0 Å². The molecule has 2 heterocycles. The number of carbonyl (C=O) groups is 1. The minimum atomic E-state index is -0.346. The molecule has 0 aromatic carbocycles. The third kappa shape index (κ3) is 2.88. The molecule has 92 valence electrons. The molecule has 0 atom stereocenters. The van der Waals surface area contributed by atoms with E-state index in [-0.39, 0.29) is 12.4 Å². The van der Waals surface area contributed by atoms with Crippen molar-refractivity contribution in [1.82, 2.24) is 15.0 Å². The smallest absolute Gasteiger partial charge is 0.313 e. The maximum atomic E-state index is 11.2. The normalized spacial score (nSPS) is 10.1. The maximum absolute atomic E-state index is 11.2. The number of esters is 1. The van der Waals surface area contributed by atoms with Gasteiger partial charge in [0.2, 0.25) is 0 Å². The van der Waals surface area contributed by atoms with E-state index in [0.29, 0.717) is 5.82 Å². The van der Waals surface area contributed by atoms with Crippen LogP contribution in [0.3, 0.4) is 0 Å².